The molecular formula is C19H20ClF3N6O. The van der Waals surface area contributed by atoms with Crippen molar-refractivity contribution in [3.05, 3.63) is 47.1 Å². The van der Waals surface area contributed by atoms with E-state index in [4.69, 9.17) is 22.1 Å². The monoisotopic (exact) mass is 440 g/mol. The Hall–Kier alpha value is -3.01. The number of nitrogens with zero attached hydrogens (tertiary/aromatic N) is 4. The van der Waals surface area contributed by atoms with E-state index in [9.17, 15) is 13.2 Å². The molecule has 0 aliphatic carbocycles. The molecule has 0 bridgehead atoms. The Labute approximate surface area is 176 Å². The topological polar surface area (TPSA) is 90.9 Å². The molecule has 0 saturated heterocycles. The van der Waals surface area contributed by atoms with Gasteiger partial charge in [0.1, 0.15) is 11.6 Å². The number of nitrogens with two attached hydrogens (primary N) is 1. The first kappa shape index (κ1) is 21.7. The number of halogens is 4. The van der Waals surface area contributed by atoms with Gasteiger partial charge in [-0.05, 0) is 43.1 Å². The van der Waals surface area contributed by atoms with Gasteiger partial charge in [0, 0.05) is 18.8 Å². The van der Waals surface area contributed by atoms with Gasteiger partial charge in [-0.2, -0.15) is 18.2 Å². The number of anilines is 2. The summed E-state index contributed by atoms with van der Waals surface area (Å²) in [6.45, 7) is 3.90. The van der Waals surface area contributed by atoms with Gasteiger partial charge in [0.25, 0.3) is 0 Å². The number of imidazole rings is 1. The van der Waals surface area contributed by atoms with Crippen molar-refractivity contribution in [2.45, 2.75) is 32.6 Å². The zero-order chi connectivity index (χ0) is 22.1. The smallest absolute Gasteiger partial charge is 0.434 e. The number of hydrogen-bond donors (Lipinski definition) is 2. The van der Waals surface area contributed by atoms with Gasteiger partial charge in [-0.1, -0.05) is 6.07 Å². The maximum absolute atomic E-state index is 13.2. The number of nitrogens with one attached hydrogen (secondary N) is 1. The van der Waals surface area contributed by atoms with Crippen molar-refractivity contribution in [2.24, 2.45) is 0 Å². The van der Waals surface area contributed by atoms with E-state index in [1.165, 1.54) is 17.9 Å². The largest absolute Gasteiger partial charge is 0.496 e. The average Bonchev–Trinajstić information content (AvgIpc) is 3.14. The molecule has 0 aliphatic heterocycles. The first-order valence-electron chi connectivity index (χ1n) is 8.95. The third kappa shape index (κ3) is 4.59. The van der Waals surface area contributed by atoms with Crippen molar-refractivity contribution in [1.29, 1.82) is 0 Å². The number of hydrogen-bond acceptors (Lipinski definition) is 6. The fraction of sp³-hybridized carbons (Fsp3) is 0.316. The molecule has 0 fully saturated rings. The van der Waals surface area contributed by atoms with Crippen LogP contribution < -0.4 is 15.8 Å². The molecule has 2 heterocycles. The molecule has 0 amide bonds. The molecule has 2 aromatic heterocycles. The van der Waals surface area contributed by atoms with Crippen LogP contribution in [0, 0.1) is 0 Å². The van der Waals surface area contributed by atoms with Gasteiger partial charge in [-0.25, -0.2) is 9.97 Å². The fourth-order valence-corrected chi connectivity index (χ4v) is 2.98. The standard InChI is InChI=1S/C19H20ClF3N6O/c1-10(2)29-9-15(19(21,22)23)27-17(29)12-5-4-11(6-14(12)30-3)7-25-16-13(24)8-26-18(20)28-16/h4-6,8-10H,7,24H2,1-3H3,(H,25,26,28). The van der Waals surface area contributed by atoms with Crippen LogP contribution in [0.2, 0.25) is 5.28 Å². The summed E-state index contributed by atoms with van der Waals surface area (Å²) in [6, 6.07) is 4.93. The number of rotatable bonds is 6. The number of alkyl halides is 3. The number of nitrogen functional groups attached to an aromatic ring is 1. The molecule has 0 aliphatic rings. The number of ether oxygens (including phenoxy) is 1. The van der Waals surface area contributed by atoms with Crippen LogP contribution in [-0.2, 0) is 12.7 Å². The Kier molecular flexibility index (Phi) is 6.06. The molecule has 1 aromatic carbocycles. The molecule has 0 unspecified atom stereocenters. The van der Waals surface area contributed by atoms with Gasteiger partial charge >= 0.3 is 6.18 Å². The van der Waals surface area contributed by atoms with Gasteiger partial charge < -0.3 is 20.4 Å². The molecule has 0 radical (unpaired) electrons. The Morgan fingerprint density at radius 3 is 2.63 bits per heavy atom. The van der Waals surface area contributed by atoms with Crippen LogP contribution in [0.15, 0.2) is 30.6 Å². The lowest BCUT2D eigenvalue weighted by Crippen LogP contribution is -2.06. The highest BCUT2D eigenvalue weighted by Crippen LogP contribution is 2.36. The van der Waals surface area contributed by atoms with Crippen LogP contribution in [0.5, 0.6) is 5.75 Å². The van der Waals surface area contributed by atoms with Crippen molar-refractivity contribution in [1.82, 2.24) is 19.5 Å². The summed E-state index contributed by atoms with van der Waals surface area (Å²) in [6.07, 6.45) is -2.13. The molecule has 3 aromatic rings. The second kappa shape index (κ2) is 8.39. The van der Waals surface area contributed by atoms with Crippen molar-refractivity contribution >= 4 is 23.1 Å². The van der Waals surface area contributed by atoms with E-state index in [0.29, 0.717) is 29.4 Å². The molecule has 160 valence electrons. The van der Waals surface area contributed by atoms with Gasteiger partial charge in [-0.15, -0.1) is 0 Å². The van der Waals surface area contributed by atoms with Crippen LogP contribution >= 0.6 is 11.6 Å². The minimum absolute atomic E-state index is 0.0561. The number of benzene rings is 1. The lowest BCUT2D eigenvalue weighted by Gasteiger charge is -2.15. The predicted octanol–water partition coefficient (Wildman–Crippen LogP) is 4.80. The molecule has 3 rings (SSSR count). The van der Waals surface area contributed by atoms with E-state index in [-0.39, 0.29) is 17.1 Å². The summed E-state index contributed by atoms with van der Waals surface area (Å²) < 4.78 is 46.5. The molecule has 0 saturated carbocycles. The summed E-state index contributed by atoms with van der Waals surface area (Å²) in [4.78, 5) is 11.6. The van der Waals surface area contributed by atoms with Crippen LogP contribution in [0.25, 0.3) is 11.4 Å². The molecular weight excluding hydrogens is 421 g/mol. The summed E-state index contributed by atoms with van der Waals surface area (Å²) in [5.41, 5.74) is 6.45. The first-order chi connectivity index (χ1) is 14.1. The molecule has 0 atom stereocenters. The molecule has 0 spiro atoms. The Bertz CT molecular complexity index is 1050. The van der Waals surface area contributed by atoms with Crippen molar-refractivity contribution in [3.8, 4) is 17.1 Å². The van der Waals surface area contributed by atoms with Crippen molar-refractivity contribution in [3.63, 3.8) is 0 Å². The molecule has 7 nitrogen and oxygen atoms in total. The molecule has 30 heavy (non-hydrogen) atoms. The zero-order valence-corrected chi connectivity index (χ0v) is 17.2. The Morgan fingerprint density at radius 1 is 1.27 bits per heavy atom. The van der Waals surface area contributed by atoms with Gasteiger partial charge in [0.05, 0.1) is 24.6 Å². The SMILES string of the molecule is COc1cc(CNc2nc(Cl)ncc2N)ccc1-c1nc(C(F)(F)F)cn1C(C)C. The number of aromatic nitrogens is 4. The minimum atomic E-state index is -4.54. The third-order valence-corrected chi connectivity index (χ3v) is 4.52. The van der Waals surface area contributed by atoms with E-state index in [2.05, 4.69) is 20.3 Å². The first-order valence-corrected chi connectivity index (χ1v) is 9.33. The summed E-state index contributed by atoms with van der Waals surface area (Å²) in [7, 11) is 1.45. The Balaban J connectivity index is 1.93. The quantitative estimate of drug-likeness (QED) is 0.535. The van der Waals surface area contributed by atoms with E-state index >= 15 is 0 Å². The number of methoxy groups -OCH3 is 1. The highest BCUT2D eigenvalue weighted by Gasteiger charge is 2.35. The van der Waals surface area contributed by atoms with Crippen LogP contribution in [0.4, 0.5) is 24.7 Å². The third-order valence-electron chi connectivity index (χ3n) is 4.33. The van der Waals surface area contributed by atoms with E-state index in [1.54, 1.807) is 32.0 Å². The summed E-state index contributed by atoms with van der Waals surface area (Å²) in [5, 5.41) is 3.10. The lowest BCUT2D eigenvalue weighted by atomic mass is 10.1. The second-order valence-corrected chi connectivity index (χ2v) is 7.12. The zero-order valence-electron chi connectivity index (χ0n) is 16.5. The van der Waals surface area contributed by atoms with E-state index < -0.39 is 11.9 Å². The maximum atomic E-state index is 13.2. The maximum Gasteiger partial charge on any atom is 0.434 e. The van der Waals surface area contributed by atoms with Crippen LogP contribution in [0.3, 0.4) is 0 Å². The highest BCUT2D eigenvalue weighted by atomic mass is 35.5. The van der Waals surface area contributed by atoms with Crippen molar-refractivity contribution < 1.29 is 17.9 Å². The Morgan fingerprint density at radius 2 is 2.00 bits per heavy atom. The lowest BCUT2D eigenvalue weighted by molar-refractivity contribution is -0.140. The normalized spacial score (nSPS) is 11.7. The average molecular weight is 441 g/mol. The summed E-state index contributed by atoms with van der Waals surface area (Å²) >= 11 is 5.78. The minimum Gasteiger partial charge on any atom is -0.496 e. The van der Waals surface area contributed by atoms with E-state index in [0.717, 1.165) is 11.8 Å². The van der Waals surface area contributed by atoms with Crippen molar-refractivity contribution in [2.75, 3.05) is 18.2 Å². The molecule has 3 N–H and O–H groups in total. The second-order valence-electron chi connectivity index (χ2n) is 6.78. The van der Waals surface area contributed by atoms with Gasteiger partial charge in [0.2, 0.25) is 5.28 Å². The van der Waals surface area contributed by atoms with Crippen LogP contribution in [0.1, 0.15) is 31.1 Å². The van der Waals surface area contributed by atoms with Gasteiger partial charge in [-0.3, -0.25) is 0 Å². The van der Waals surface area contributed by atoms with Gasteiger partial charge in [0.15, 0.2) is 11.5 Å². The van der Waals surface area contributed by atoms with Crippen LogP contribution in [-0.4, -0.2) is 26.6 Å². The summed E-state index contributed by atoms with van der Waals surface area (Å²) in [5.74, 6) is 0.952. The highest BCUT2D eigenvalue weighted by molar-refractivity contribution is 6.28. The predicted molar refractivity (Wildman–Crippen MR) is 108 cm³/mol. The fourth-order valence-electron chi connectivity index (χ4n) is 2.85. The van der Waals surface area contributed by atoms with E-state index in [1.807, 2.05) is 0 Å². The molecule has 11 heteroatoms.